The zero-order valence-electron chi connectivity index (χ0n) is 16.8. The number of ketones is 1. The Kier molecular flexibility index (Phi) is 5.54. The molecular weight excluding hydrogens is 371 g/mol. The summed E-state index contributed by atoms with van der Waals surface area (Å²) >= 11 is 0. The van der Waals surface area contributed by atoms with Gasteiger partial charge in [0.1, 0.15) is 5.82 Å². The molecule has 1 aromatic heterocycles. The number of aromatic nitrogens is 1. The topological polar surface area (TPSA) is 62.5 Å². The number of amides is 1. The van der Waals surface area contributed by atoms with Crippen molar-refractivity contribution in [3.8, 4) is 0 Å². The van der Waals surface area contributed by atoms with Crippen LogP contribution in [-0.2, 0) is 24.2 Å². The highest BCUT2D eigenvalue weighted by Crippen LogP contribution is 2.32. The highest BCUT2D eigenvalue weighted by atomic mass is 19.1. The summed E-state index contributed by atoms with van der Waals surface area (Å²) in [5, 5.41) is 9.68. The van der Waals surface area contributed by atoms with E-state index in [0.717, 1.165) is 29.8 Å². The fraction of sp³-hybridized carbons (Fsp3) is 0.478. The van der Waals surface area contributed by atoms with Gasteiger partial charge in [-0.2, -0.15) is 0 Å². The lowest BCUT2D eigenvalue weighted by Gasteiger charge is -2.29. The van der Waals surface area contributed by atoms with E-state index in [1.165, 1.54) is 6.07 Å². The Balaban J connectivity index is 1.67. The van der Waals surface area contributed by atoms with E-state index in [2.05, 4.69) is 0 Å². The van der Waals surface area contributed by atoms with Crippen LogP contribution in [0.4, 0.5) is 4.39 Å². The molecule has 4 rings (SSSR count). The molecule has 1 fully saturated rings. The van der Waals surface area contributed by atoms with E-state index in [1.54, 1.807) is 17.0 Å². The number of Topliss-reactive ketones (excluding diaryl/α,β-unsaturated/α-hetero) is 1. The average molecular weight is 398 g/mol. The summed E-state index contributed by atoms with van der Waals surface area (Å²) in [6, 6.07) is 6.68. The van der Waals surface area contributed by atoms with Gasteiger partial charge in [-0.1, -0.05) is 18.2 Å². The second kappa shape index (κ2) is 8.11. The van der Waals surface area contributed by atoms with Crippen molar-refractivity contribution in [1.29, 1.82) is 0 Å². The molecule has 1 amide bonds. The zero-order valence-corrected chi connectivity index (χ0v) is 16.8. The van der Waals surface area contributed by atoms with Gasteiger partial charge in [-0.25, -0.2) is 4.39 Å². The molecule has 2 heterocycles. The summed E-state index contributed by atoms with van der Waals surface area (Å²) < 4.78 is 16.3. The minimum absolute atomic E-state index is 0.00999. The first-order valence-electron chi connectivity index (χ1n) is 10.4. The number of likely N-dealkylation sites (tertiary alicyclic amines) is 1. The van der Waals surface area contributed by atoms with Gasteiger partial charge in [0.05, 0.1) is 19.1 Å². The van der Waals surface area contributed by atoms with Gasteiger partial charge in [0.15, 0.2) is 5.78 Å². The third-order valence-electron chi connectivity index (χ3n) is 6.29. The normalized spacial score (nSPS) is 17.5. The van der Waals surface area contributed by atoms with E-state index in [-0.39, 0.29) is 30.0 Å². The smallest absolute Gasteiger partial charge is 0.227 e. The number of carbonyl (C=O) groups is 2. The molecular formula is C23H27FN2O3. The number of hydrogen-bond acceptors (Lipinski definition) is 3. The molecule has 1 aromatic carbocycles. The first kappa shape index (κ1) is 19.8. The van der Waals surface area contributed by atoms with Crippen LogP contribution in [0.1, 0.15) is 58.6 Å². The van der Waals surface area contributed by atoms with E-state index < -0.39 is 0 Å². The van der Waals surface area contributed by atoms with Crippen LogP contribution in [0.5, 0.6) is 0 Å². The number of rotatable bonds is 4. The molecule has 1 saturated heterocycles. The Morgan fingerprint density at radius 3 is 2.66 bits per heavy atom. The van der Waals surface area contributed by atoms with Gasteiger partial charge in [-0.15, -0.1) is 0 Å². The molecule has 1 aliphatic heterocycles. The van der Waals surface area contributed by atoms with E-state index >= 15 is 0 Å². The lowest BCUT2D eigenvalue weighted by atomic mass is 9.91. The first-order chi connectivity index (χ1) is 14.0. The van der Waals surface area contributed by atoms with E-state index in [0.29, 0.717) is 50.0 Å². The zero-order chi connectivity index (χ0) is 20.5. The molecule has 29 heavy (non-hydrogen) atoms. The predicted molar refractivity (Wildman–Crippen MR) is 107 cm³/mol. The first-order valence-corrected chi connectivity index (χ1v) is 10.4. The summed E-state index contributed by atoms with van der Waals surface area (Å²) in [5.74, 6) is -0.191. The van der Waals surface area contributed by atoms with Gasteiger partial charge in [0.2, 0.25) is 5.91 Å². The molecule has 6 heteroatoms. The Morgan fingerprint density at radius 2 is 1.93 bits per heavy atom. The van der Waals surface area contributed by atoms with E-state index in [9.17, 15) is 19.1 Å². The summed E-state index contributed by atoms with van der Waals surface area (Å²) in [5.41, 5.74) is 3.85. The molecule has 154 valence electrons. The maximum Gasteiger partial charge on any atom is 0.227 e. The van der Waals surface area contributed by atoms with Crippen LogP contribution in [0.15, 0.2) is 24.3 Å². The molecule has 0 atom stereocenters. The Bertz CT molecular complexity index is 942. The van der Waals surface area contributed by atoms with Crippen molar-refractivity contribution in [3.05, 3.63) is 58.2 Å². The molecule has 0 bridgehead atoms. The number of hydrogen-bond donors (Lipinski definition) is 1. The minimum atomic E-state index is -0.336. The Morgan fingerprint density at radius 1 is 1.21 bits per heavy atom. The number of carbonyl (C=O) groups excluding carboxylic acids is 2. The number of aliphatic hydroxyl groups excluding tert-OH is 1. The molecule has 1 N–H and O–H groups in total. The van der Waals surface area contributed by atoms with Gasteiger partial charge in [0, 0.05) is 42.0 Å². The lowest BCUT2D eigenvalue weighted by Crippen LogP contribution is -2.41. The van der Waals surface area contributed by atoms with Crippen LogP contribution in [0.3, 0.4) is 0 Å². The molecule has 0 spiro atoms. The average Bonchev–Trinajstić information content (AvgIpc) is 2.97. The van der Waals surface area contributed by atoms with Gasteiger partial charge in [-0.3, -0.25) is 9.59 Å². The molecule has 2 aliphatic rings. The van der Waals surface area contributed by atoms with Gasteiger partial charge in [-0.05, 0) is 44.2 Å². The van der Waals surface area contributed by atoms with Crippen LogP contribution < -0.4 is 0 Å². The van der Waals surface area contributed by atoms with Crippen molar-refractivity contribution in [2.75, 3.05) is 13.1 Å². The van der Waals surface area contributed by atoms with Gasteiger partial charge < -0.3 is 14.6 Å². The fourth-order valence-corrected chi connectivity index (χ4v) is 4.59. The molecule has 0 saturated carbocycles. The van der Waals surface area contributed by atoms with Crippen molar-refractivity contribution < 1.29 is 19.1 Å². The Labute approximate surface area is 170 Å². The highest BCUT2D eigenvalue weighted by molar-refractivity contribution is 6.01. The van der Waals surface area contributed by atoms with Crippen molar-refractivity contribution >= 4 is 11.7 Å². The van der Waals surface area contributed by atoms with Crippen molar-refractivity contribution in [3.63, 3.8) is 0 Å². The highest BCUT2D eigenvalue weighted by Gasteiger charge is 2.31. The molecule has 2 aromatic rings. The monoisotopic (exact) mass is 398 g/mol. The maximum absolute atomic E-state index is 14.2. The van der Waals surface area contributed by atoms with Gasteiger partial charge in [0.25, 0.3) is 0 Å². The molecule has 0 radical (unpaired) electrons. The molecule has 5 nitrogen and oxygen atoms in total. The van der Waals surface area contributed by atoms with Crippen LogP contribution >= 0.6 is 0 Å². The lowest BCUT2D eigenvalue weighted by molar-refractivity contribution is -0.132. The predicted octanol–water partition coefficient (Wildman–Crippen LogP) is 3.03. The van der Waals surface area contributed by atoms with Crippen LogP contribution in [-0.4, -0.2) is 45.5 Å². The van der Waals surface area contributed by atoms with Crippen LogP contribution in [0.2, 0.25) is 0 Å². The van der Waals surface area contributed by atoms with E-state index in [4.69, 9.17) is 0 Å². The number of halogens is 1. The second-order valence-corrected chi connectivity index (χ2v) is 8.13. The SMILES string of the molecule is Cc1c(CC(=O)N2CCC(O)CC2)c2c(n1Cc1ccccc1F)CCCC2=O. The van der Waals surface area contributed by atoms with Crippen molar-refractivity contribution in [2.24, 2.45) is 0 Å². The number of nitrogens with zero attached hydrogens (tertiary/aromatic N) is 2. The number of piperidine rings is 1. The van der Waals surface area contributed by atoms with Gasteiger partial charge >= 0.3 is 0 Å². The van der Waals surface area contributed by atoms with Crippen molar-refractivity contribution in [1.82, 2.24) is 9.47 Å². The third-order valence-corrected chi connectivity index (χ3v) is 6.29. The standard InChI is InChI=1S/C23H27FN2O3/c1-15-18(13-22(29)25-11-9-17(27)10-12-25)23-20(7-4-8-21(23)28)26(15)14-16-5-2-3-6-19(16)24/h2-3,5-6,17,27H,4,7-14H2,1H3. The fourth-order valence-electron chi connectivity index (χ4n) is 4.59. The maximum atomic E-state index is 14.2. The Hall–Kier alpha value is -2.47. The summed E-state index contributed by atoms with van der Waals surface area (Å²) in [6.45, 7) is 3.38. The third kappa shape index (κ3) is 3.86. The van der Waals surface area contributed by atoms with Crippen LogP contribution in [0.25, 0.3) is 0 Å². The largest absolute Gasteiger partial charge is 0.393 e. The van der Waals surface area contributed by atoms with E-state index in [1.807, 2.05) is 17.6 Å². The summed E-state index contributed by atoms with van der Waals surface area (Å²) in [6.07, 6.45) is 3.07. The minimum Gasteiger partial charge on any atom is -0.393 e. The second-order valence-electron chi connectivity index (χ2n) is 8.13. The number of aliphatic hydroxyl groups is 1. The summed E-state index contributed by atoms with van der Waals surface area (Å²) in [4.78, 5) is 27.4. The van der Waals surface area contributed by atoms with Crippen LogP contribution in [0, 0.1) is 12.7 Å². The number of benzene rings is 1. The summed E-state index contributed by atoms with van der Waals surface area (Å²) in [7, 11) is 0. The quantitative estimate of drug-likeness (QED) is 0.861. The number of fused-ring (bicyclic) bond motifs is 1. The van der Waals surface area contributed by atoms with Crippen molar-refractivity contribution in [2.45, 2.75) is 58.1 Å². The molecule has 1 aliphatic carbocycles. The molecule has 0 unspecified atom stereocenters.